The zero-order valence-corrected chi connectivity index (χ0v) is 15.6. The second kappa shape index (κ2) is 8.96. The number of alkyl halides is 3. The molecule has 6 nitrogen and oxygen atoms in total. The Bertz CT molecular complexity index is 684. The largest absolute Gasteiger partial charge is 0.497 e. The summed E-state index contributed by atoms with van der Waals surface area (Å²) in [6, 6.07) is 3.88. The van der Waals surface area contributed by atoms with E-state index in [1.807, 2.05) is 4.90 Å². The van der Waals surface area contributed by atoms with E-state index in [2.05, 4.69) is 10.3 Å². The molecule has 1 aromatic carbocycles. The molecule has 1 aromatic rings. The number of guanidine groups is 1. The van der Waals surface area contributed by atoms with Crippen LogP contribution in [0, 0.1) is 5.92 Å². The van der Waals surface area contributed by atoms with Gasteiger partial charge in [-0.3, -0.25) is 9.79 Å². The number of carbonyl (C=O) groups is 1. The van der Waals surface area contributed by atoms with Crippen LogP contribution in [0.15, 0.2) is 23.2 Å². The Morgan fingerprint density at radius 2 is 1.96 bits per heavy atom. The lowest BCUT2D eigenvalue weighted by Crippen LogP contribution is -2.46. The number of hydrogen-bond acceptors (Lipinski definition) is 4. The number of piperidine rings is 1. The van der Waals surface area contributed by atoms with Crippen molar-refractivity contribution in [3.63, 3.8) is 0 Å². The van der Waals surface area contributed by atoms with Gasteiger partial charge in [-0.15, -0.1) is 0 Å². The predicted octanol–water partition coefficient (Wildman–Crippen LogP) is 2.67. The maximum absolute atomic E-state index is 13.3. The van der Waals surface area contributed by atoms with Crippen molar-refractivity contribution in [2.24, 2.45) is 10.9 Å². The third kappa shape index (κ3) is 5.27. The van der Waals surface area contributed by atoms with Crippen molar-refractivity contribution >= 4 is 11.9 Å². The van der Waals surface area contributed by atoms with E-state index in [1.54, 1.807) is 7.05 Å². The number of ether oxygens (including phenoxy) is 2. The van der Waals surface area contributed by atoms with Crippen LogP contribution in [0.2, 0.25) is 0 Å². The molecule has 1 aliphatic heterocycles. The SMILES string of the molecule is CN=C(NCc1ccc(OC)cc1C(F)(F)F)N1CCC(C(=O)OC)CC1. The summed E-state index contributed by atoms with van der Waals surface area (Å²) in [6.45, 7) is 1.13. The van der Waals surface area contributed by atoms with E-state index in [0.717, 1.165) is 6.07 Å². The summed E-state index contributed by atoms with van der Waals surface area (Å²) < 4.78 is 49.6. The van der Waals surface area contributed by atoms with Gasteiger partial charge in [-0.1, -0.05) is 6.07 Å². The van der Waals surface area contributed by atoms with Crippen molar-refractivity contribution in [3.8, 4) is 5.75 Å². The lowest BCUT2D eigenvalue weighted by Gasteiger charge is -2.33. The molecule has 0 saturated carbocycles. The Hall–Kier alpha value is -2.45. The van der Waals surface area contributed by atoms with Gasteiger partial charge in [0, 0.05) is 26.7 Å². The van der Waals surface area contributed by atoms with Crippen molar-refractivity contribution < 1.29 is 27.4 Å². The molecule has 0 spiro atoms. The Morgan fingerprint density at radius 1 is 1.30 bits per heavy atom. The van der Waals surface area contributed by atoms with Crippen molar-refractivity contribution in [3.05, 3.63) is 29.3 Å². The first-order chi connectivity index (χ1) is 12.8. The second-order valence-electron chi connectivity index (χ2n) is 6.21. The summed E-state index contributed by atoms with van der Waals surface area (Å²) in [5, 5.41) is 2.98. The zero-order chi connectivity index (χ0) is 20.0. The highest BCUT2D eigenvalue weighted by Crippen LogP contribution is 2.34. The smallest absolute Gasteiger partial charge is 0.416 e. The van der Waals surface area contributed by atoms with Gasteiger partial charge in [-0.05, 0) is 30.5 Å². The lowest BCUT2D eigenvalue weighted by atomic mass is 9.97. The molecule has 0 unspecified atom stereocenters. The Balaban J connectivity index is 2.04. The van der Waals surface area contributed by atoms with E-state index < -0.39 is 11.7 Å². The van der Waals surface area contributed by atoms with Crippen LogP contribution in [0.1, 0.15) is 24.0 Å². The molecule has 1 heterocycles. The Kier molecular flexibility index (Phi) is 6.92. The molecule has 1 fully saturated rings. The Labute approximate surface area is 156 Å². The summed E-state index contributed by atoms with van der Waals surface area (Å²) in [5.41, 5.74) is -0.636. The van der Waals surface area contributed by atoms with Crippen LogP contribution in [0.25, 0.3) is 0 Å². The number of rotatable bonds is 4. The second-order valence-corrected chi connectivity index (χ2v) is 6.21. The third-order valence-corrected chi connectivity index (χ3v) is 4.60. The van der Waals surface area contributed by atoms with Crippen molar-refractivity contribution in [2.45, 2.75) is 25.6 Å². The average molecular weight is 387 g/mol. The monoisotopic (exact) mass is 387 g/mol. The van der Waals surface area contributed by atoms with Gasteiger partial charge in [-0.2, -0.15) is 13.2 Å². The Morgan fingerprint density at radius 3 is 2.48 bits per heavy atom. The van der Waals surface area contributed by atoms with Gasteiger partial charge in [-0.25, -0.2) is 0 Å². The number of esters is 1. The maximum atomic E-state index is 13.3. The number of aliphatic imine (C=N–C) groups is 1. The van der Waals surface area contributed by atoms with E-state index in [9.17, 15) is 18.0 Å². The molecular formula is C18H24F3N3O3. The summed E-state index contributed by atoms with van der Waals surface area (Å²) >= 11 is 0. The molecule has 9 heteroatoms. The molecule has 150 valence electrons. The summed E-state index contributed by atoms with van der Waals surface area (Å²) in [6.07, 6.45) is -3.25. The highest BCUT2D eigenvalue weighted by molar-refractivity contribution is 5.80. The summed E-state index contributed by atoms with van der Waals surface area (Å²) in [5.74, 6) is 0.274. The number of benzene rings is 1. The van der Waals surface area contributed by atoms with Gasteiger partial charge >= 0.3 is 12.1 Å². The zero-order valence-electron chi connectivity index (χ0n) is 15.6. The predicted molar refractivity (Wildman–Crippen MR) is 94.5 cm³/mol. The van der Waals surface area contributed by atoms with E-state index in [1.165, 1.54) is 26.4 Å². The van der Waals surface area contributed by atoms with Crippen LogP contribution >= 0.6 is 0 Å². The first-order valence-electron chi connectivity index (χ1n) is 8.57. The van der Waals surface area contributed by atoms with Crippen LogP contribution in [0.4, 0.5) is 13.2 Å². The molecule has 0 amide bonds. The number of nitrogens with zero attached hydrogens (tertiary/aromatic N) is 2. The van der Waals surface area contributed by atoms with Crippen molar-refractivity contribution in [1.29, 1.82) is 0 Å². The first kappa shape index (κ1) is 20.9. The maximum Gasteiger partial charge on any atom is 0.416 e. The minimum Gasteiger partial charge on any atom is -0.497 e. The van der Waals surface area contributed by atoms with Gasteiger partial charge < -0.3 is 19.7 Å². The van der Waals surface area contributed by atoms with Crippen molar-refractivity contribution in [2.75, 3.05) is 34.4 Å². The third-order valence-electron chi connectivity index (χ3n) is 4.60. The number of likely N-dealkylation sites (tertiary alicyclic amines) is 1. The molecule has 0 aromatic heterocycles. The molecule has 1 N–H and O–H groups in total. The van der Waals surface area contributed by atoms with Crippen LogP contribution in [-0.4, -0.2) is 51.2 Å². The van der Waals surface area contributed by atoms with Gasteiger partial charge in [0.25, 0.3) is 0 Å². The molecule has 1 aliphatic rings. The fourth-order valence-electron chi connectivity index (χ4n) is 3.10. The number of hydrogen-bond donors (Lipinski definition) is 1. The van der Waals surface area contributed by atoms with Crippen molar-refractivity contribution in [1.82, 2.24) is 10.2 Å². The average Bonchev–Trinajstić information content (AvgIpc) is 2.67. The topological polar surface area (TPSA) is 63.2 Å². The highest BCUT2D eigenvalue weighted by Gasteiger charge is 2.34. The molecule has 2 rings (SSSR count). The fourth-order valence-corrected chi connectivity index (χ4v) is 3.10. The lowest BCUT2D eigenvalue weighted by molar-refractivity contribution is -0.146. The van der Waals surface area contributed by atoms with Crippen LogP contribution in [0.3, 0.4) is 0 Å². The molecule has 1 saturated heterocycles. The molecular weight excluding hydrogens is 363 g/mol. The number of carbonyl (C=O) groups excluding carboxylic acids is 1. The fraction of sp³-hybridized carbons (Fsp3) is 0.556. The molecule has 0 atom stereocenters. The quantitative estimate of drug-likeness (QED) is 0.489. The molecule has 0 bridgehead atoms. The van der Waals surface area contributed by atoms with E-state index in [4.69, 9.17) is 9.47 Å². The van der Waals surface area contributed by atoms with Gasteiger partial charge in [0.05, 0.1) is 25.7 Å². The van der Waals surface area contributed by atoms with Gasteiger partial charge in [0.15, 0.2) is 5.96 Å². The van der Waals surface area contributed by atoms with Crippen LogP contribution in [-0.2, 0) is 22.3 Å². The standard InChI is InChI=1S/C18H24F3N3O3/c1-22-17(24-8-6-12(7-9-24)16(25)27-3)23-11-13-4-5-14(26-2)10-15(13)18(19,20)21/h4-5,10,12H,6-9,11H2,1-3H3,(H,22,23). The minimum absolute atomic E-state index is 0.0254. The van der Waals surface area contributed by atoms with Crippen LogP contribution < -0.4 is 10.1 Å². The van der Waals surface area contributed by atoms with E-state index in [0.29, 0.717) is 31.9 Å². The van der Waals surface area contributed by atoms with Gasteiger partial charge in [0.2, 0.25) is 0 Å². The summed E-state index contributed by atoms with van der Waals surface area (Å²) in [7, 11) is 4.27. The van der Waals surface area contributed by atoms with Gasteiger partial charge in [0.1, 0.15) is 5.75 Å². The van der Waals surface area contributed by atoms with Crippen LogP contribution in [0.5, 0.6) is 5.75 Å². The first-order valence-corrected chi connectivity index (χ1v) is 8.57. The van der Waals surface area contributed by atoms with E-state index >= 15 is 0 Å². The number of halogens is 3. The number of methoxy groups -OCH3 is 2. The molecule has 27 heavy (non-hydrogen) atoms. The summed E-state index contributed by atoms with van der Waals surface area (Å²) in [4.78, 5) is 17.7. The normalized spacial score (nSPS) is 16.2. The molecule has 0 radical (unpaired) electrons. The number of nitrogens with one attached hydrogen (secondary N) is 1. The van der Waals surface area contributed by atoms with E-state index in [-0.39, 0.29) is 29.7 Å². The minimum atomic E-state index is -4.48. The highest BCUT2D eigenvalue weighted by atomic mass is 19.4. The molecule has 0 aliphatic carbocycles.